The van der Waals surface area contributed by atoms with E-state index in [1.807, 2.05) is 0 Å². The lowest BCUT2D eigenvalue weighted by Crippen LogP contribution is -1.98. The number of aromatic nitrogens is 1. The van der Waals surface area contributed by atoms with Gasteiger partial charge in [-0.15, -0.1) is 0 Å². The highest BCUT2D eigenvalue weighted by atomic mass is 79.9. The predicted octanol–water partition coefficient (Wildman–Crippen LogP) is 5.11. The van der Waals surface area contributed by atoms with Gasteiger partial charge >= 0.3 is 5.97 Å². The van der Waals surface area contributed by atoms with Gasteiger partial charge in [-0.2, -0.15) is 0 Å². The van der Waals surface area contributed by atoms with Crippen LogP contribution in [-0.2, 0) is 0 Å². The van der Waals surface area contributed by atoms with E-state index in [1.165, 1.54) is 18.0 Å². The molecule has 7 heteroatoms. The summed E-state index contributed by atoms with van der Waals surface area (Å²) < 4.78 is 1.53. The summed E-state index contributed by atoms with van der Waals surface area (Å²) in [5.74, 6) is -0.972. The maximum absolute atomic E-state index is 11.2. The Kier molecular flexibility index (Phi) is 4.89. The van der Waals surface area contributed by atoms with Gasteiger partial charge in [-0.05, 0) is 40.2 Å². The summed E-state index contributed by atoms with van der Waals surface area (Å²) >= 11 is 13.8. The van der Waals surface area contributed by atoms with E-state index >= 15 is 0 Å². The fraction of sp³-hybridized carbons (Fsp3) is 0. The highest BCUT2D eigenvalue weighted by molar-refractivity contribution is 9.10. The lowest BCUT2D eigenvalue weighted by molar-refractivity contribution is 0.0693. The number of carboxylic acid groups (broad SMARTS) is 1. The Balaban J connectivity index is 2.42. The Bertz CT molecular complexity index is 652. The van der Waals surface area contributed by atoms with Gasteiger partial charge in [-0.25, -0.2) is 9.78 Å². The van der Waals surface area contributed by atoms with Crippen LogP contribution in [0, 0.1) is 0 Å². The van der Waals surface area contributed by atoms with Crippen molar-refractivity contribution in [1.82, 2.24) is 4.98 Å². The smallest absolute Gasteiger partial charge is 0.336 e. The van der Waals surface area contributed by atoms with Crippen molar-refractivity contribution in [1.29, 1.82) is 0 Å². The van der Waals surface area contributed by atoms with Crippen molar-refractivity contribution in [2.45, 2.75) is 9.92 Å². The zero-order valence-corrected chi connectivity index (χ0v) is 14.0. The van der Waals surface area contributed by atoms with Crippen LogP contribution in [0.2, 0.25) is 5.02 Å². The summed E-state index contributed by atoms with van der Waals surface area (Å²) in [6, 6.07) is 6.71. The monoisotopic (exact) mass is 421 g/mol. The lowest BCUT2D eigenvalue weighted by Gasteiger charge is -2.07. The molecular formula is C12H6Br2ClNO2S. The largest absolute Gasteiger partial charge is 0.478 e. The zero-order chi connectivity index (χ0) is 14.0. The molecule has 0 spiro atoms. The number of hydrogen-bond donors (Lipinski definition) is 1. The van der Waals surface area contributed by atoms with Crippen molar-refractivity contribution < 1.29 is 9.90 Å². The zero-order valence-electron chi connectivity index (χ0n) is 9.23. The third kappa shape index (κ3) is 3.72. The molecule has 0 atom stereocenters. The van der Waals surface area contributed by atoms with E-state index in [1.54, 1.807) is 24.3 Å². The molecule has 1 aromatic carbocycles. The summed E-state index contributed by atoms with van der Waals surface area (Å²) in [5.41, 5.74) is 0.233. The van der Waals surface area contributed by atoms with E-state index in [0.29, 0.717) is 14.9 Å². The molecule has 0 aliphatic carbocycles. The highest BCUT2D eigenvalue weighted by Gasteiger charge is 2.14. The molecular weight excluding hydrogens is 417 g/mol. The first-order valence-corrected chi connectivity index (χ1v) is 7.77. The summed E-state index contributed by atoms with van der Waals surface area (Å²) in [6.07, 6.45) is 1.52. The maximum atomic E-state index is 11.2. The number of halogens is 3. The molecule has 1 N–H and O–H groups in total. The van der Waals surface area contributed by atoms with Crippen molar-refractivity contribution in [3.05, 3.63) is 50.0 Å². The van der Waals surface area contributed by atoms with Gasteiger partial charge in [0.15, 0.2) is 0 Å². The molecule has 0 unspecified atom stereocenters. The molecule has 1 aromatic heterocycles. The van der Waals surface area contributed by atoms with E-state index in [2.05, 4.69) is 36.8 Å². The number of carboxylic acids is 1. The fourth-order valence-corrected chi connectivity index (χ4v) is 3.65. The molecule has 1 heterocycles. The maximum Gasteiger partial charge on any atom is 0.336 e. The first-order chi connectivity index (χ1) is 8.97. The minimum absolute atomic E-state index is 0.233. The molecule has 2 aromatic rings. The average Bonchev–Trinajstić information content (AvgIpc) is 2.32. The van der Waals surface area contributed by atoms with Crippen molar-refractivity contribution in [2.75, 3.05) is 0 Å². The summed E-state index contributed by atoms with van der Waals surface area (Å²) in [5, 5.41) is 10.3. The number of hydrogen-bond acceptors (Lipinski definition) is 3. The lowest BCUT2D eigenvalue weighted by atomic mass is 10.2. The van der Waals surface area contributed by atoms with Gasteiger partial charge in [-0.1, -0.05) is 39.3 Å². The molecule has 3 nitrogen and oxygen atoms in total. The quantitative estimate of drug-likeness (QED) is 0.745. The van der Waals surface area contributed by atoms with Crippen LogP contribution < -0.4 is 0 Å². The van der Waals surface area contributed by atoms with Gasteiger partial charge in [-0.3, -0.25) is 0 Å². The first-order valence-electron chi connectivity index (χ1n) is 4.99. The molecule has 19 heavy (non-hydrogen) atoms. The van der Waals surface area contributed by atoms with Crippen molar-refractivity contribution in [2.24, 2.45) is 0 Å². The number of nitrogens with zero attached hydrogens (tertiary/aromatic N) is 1. The molecule has 0 aliphatic heterocycles. The normalized spacial score (nSPS) is 10.5. The number of aromatic carboxylic acids is 1. The molecule has 2 rings (SSSR count). The van der Waals surface area contributed by atoms with Crippen molar-refractivity contribution >= 4 is 61.2 Å². The minimum atomic E-state index is -0.972. The van der Waals surface area contributed by atoms with Crippen LogP contribution in [0.25, 0.3) is 0 Å². The van der Waals surface area contributed by atoms with Crippen LogP contribution in [0.3, 0.4) is 0 Å². The minimum Gasteiger partial charge on any atom is -0.478 e. The van der Waals surface area contributed by atoms with Crippen LogP contribution in [0.4, 0.5) is 0 Å². The average molecular weight is 424 g/mol. The second-order valence-corrected chi connectivity index (χ2v) is 6.73. The molecule has 0 bridgehead atoms. The Hall–Kier alpha value is -0.560. The summed E-state index contributed by atoms with van der Waals surface area (Å²) in [6.45, 7) is 0. The van der Waals surface area contributed by atoms with Crippen LogP contribution in [0.1, 0.15) is 10.4 Å². The Morgan fingerprint density at radius 3 is 2.68 bits per heavy atom. The van der Waals surface area contributed by atoms with Gasteiger partial charge in [0.1, 0.15) is 5.03 Å². The van der Waals surface area contributed by atoms with Gasteiger partial charge in [0.05, 0.1) is 15.1 Å². The second-order valence-electron chi connectivity index (χ2n) is 3.49. The van der Waals surface area contributed by atoms with E-state index in [-0.39, 0.29) is 5.56 Å². The molecule has 0 fully saturated rings. The van der Waals surface area contributed by atoms with Crippen LogP contribution >= 0.6 is 55.2 Å². The van der Waals surface area contributed by atoms with Crippen LogP contribution in [0.5, 0.6) is 0 Å². The highest BCUT2D eigenvalue weighted by Crippen LogP contribution is 2.36. The second kappa shape index (κ2) is 6.26. The summed E-state index contributed by atoms with van der Waals surface area (Å²) in [7, 11) is 0. The summed E-state index contributed by atoms with van der Waals surface area (Å²) in [4.78, 5) is 16.0. The Morgan fingerprint density at radius 2 is 2.05 bits per heavy atom. The Labute approximate surface area is 135 Å². The van der Waals surface area contributed by atoms with Gasteiger partial charge in [0.2, 0.25) is 0 Å². The predicted molar refractivity (Wildman–Crippen MR) is 82.2 cm³/mol. The number of benzene rings is 1. The topological polar surface area (TPSA) is 50.2 Å². The van der Waals surface area contributed by atoms with Gasteiger partial charge < -0.3 is 5.11 Å². The van der Waals surface area contributed by atoms with Gasteiger partial charge in [0.25, 0.3) is 0 Å². The Morgan fingerprint density at radius 1 is 1.32 bits per heavy atom. The number of pyridine rings is 1. The SMILES string of the molecule is O=C(O)c1ccc(Br)cc1Sc1ncc(Cl)cc1Br. The number of carbonyl (C=O) groups is 1. The van der Waals surface area contributed by atoms with Crippen LogP contribution in [-0.4, -0.2) is 16.1 Å². The molecule has 0 aliphatic rings. The molecule has 0 saturated heterocycles. The molecule has 0 saturated carbocycles. The molecule has 0 amide bonds. The van der Waals surface area contributed by atoms with E-state index in [9.17, 15) is 4.79 Å². The van der Waals surface area contributed by atoms with E-state index < -0.39 is 5.97 Å². The van der Waals surface area contributed by atoms with Crippen molar-refractivity contribution in [3.63, 3.8) is 0 Å². The van der Waals surface area contributed by atoms with Crippen molar-refractivity contribution in [3.8, 4) is 0 Å². The van der Waals surface area contributed by atoms with E-state index in [0.717, 1.165) is 8.95 Å². The standard InChI is InChI=1S/C12H6Br2ClNO2S/c13-6-1-2-8(12(17)18)10(3-6)19-11-9(14)4-7(15)5-16-11/h1-5H,(H,17,18). The molecule has 0 radical (unpaired) electrons. The fourth-order valence-electron chi connectivity index (χ4n) is 1.34. The van der Waals surface area contributed by atoms with Gasteiger partial charge in [0, 0.05) is 15.6 Å². The van der Waals surface area contributed by atoms with E-state index in [4.69, 9.17) is 16.7 Å². The first kappa shape index (κ1) is 14.8. The third-order valence-electron chi connectivity index (χ3n) is 2.15. The third-order valence-corrected chi connectivity index (χ3v) is 4.80. The number of rotatable bonds is 3. The molecule has 98 valence electrons. The van der Waals surface area contributed by atoms with Crippen LogP contribution in [0.15, 0.2) is 49.3 Å².